The van der Waals surface area contributed by atoms with Crippen LogP contribution in [-0.2, 0) is 28.2 Å². The van der Waals surface area contributed by atoms with E-state index in [-0.39, 0.29) is 5.75 Å². The molecular formula is C12H21N3O4S. The number of sulfone groups is 1. The summed E-state index contributed by atoms with van der Waals surface area (Å²) < 4.78 is 28.9. The van der Waals surface area contributed by atoms with Crippen LogP contribution in [0.3, 0.4) is 0 Å². The van der Waals surface area contributed by atoms with Crippen LogP contribution in [0.1, 0.15) is 23.0 Å². The van der Waals surface area contributed by atoms with E-state index >= 15 is 0 Å². The minimum absolute atomic E-state index is 0.0795. The first-order chi connectivity index (χ1) is 9.24. The second-order valence-electron chi connectivity index (χ2n) is 4.72. The van der Waals surface area contributed by atoms with Crippen molar-refractivity contribution in [2.24, 2.45) is 7.05 Å². The van der Waals surface area contributed by atoms with E-state index in [4.69, 9.17) is 4.74 Å². The molecule has 1 aromatic rings. The van der Waals surface area contributed by atoms with Crippen molar-refractivity contribution in [3.8, 4) is 0 Å². The highest BCUT2D eigenvalue weighted by Crippen LogP contribution is 2.11. The molecule has 1 rings (SSSR count). The van der Waals surface area contributed by atoms with Crippen LogP contribution in [0.2, 0.25) is 0 Å². The SMILES string of the molecule is CCOC(=O)c1cnn(C)c1CN(C)CCS(C)(=O)=O. The van der Waals surface area contributed by atoms with Gasteiger partial charge in [0.1, 0.15) is 15.4 Å². The zero-order valence-electron chi connectivity index (χ0n) is 12.3. The number of esters is 1. The van der Waals surface area contributed by atoms with Crippen LogP contribution in [0, 0.1) is 0 Å². The largest absolute Gasteiger partial charge is 0.462 e. The fourth-order valence-electron chi connectivity index (χ4n) is 1.69. The molecule has 0 saturated heterocycles. The third-order valence-electron chi connectivity index (χ3n) is 2.82. The normalized spacial score (nSPS) is 11.8. The van der Waals surface area contributed by atoms with Crippen molar-refractivity contribution in [3.05, 3.63) is 17.5 Å². The average Bonchev–Trinajstić information content (AvgIpc) is 2.68. The summed E-state index contributed by atoms with van der Waals surface area (Å²) in [5, 5.41) is 4.05. The van der Waals surface area contributed by atoms with Gasteiger partial charge in [-0.3, -0.25) is 9.58 Å². The van der Waals surface area contributed by atoms with Crippen molar-refractivity contribution in [2.45, 2.75) is 13.5 Å². The molecule has 8 heteroatoms. The number of aromatic nitrogens is 2. The third-order valence-corrected chi connectivity index (χ3v) is 3.74. The van der Waals surface area contributed by atoms with Gasteiger partial charge in [-0.05, 0) is 14.0 Å². The lowest BCUT2D eigenvalue weighted by atomic mass is 10.2. The van der Waals surface area contributed by atoms with Gasteiger partial charge in [-0.2, -0.15) is 5.10 Å². The molecule has 0 aliphatic rings. The highest BCUT2D eigenvalue weighted by molar-refractivity contribution is 7.90. The topological polar surface area (TPSA) is 81.5 Å². The Morgan fingerprint density at radius 3 is 2.70 bits per heavy atom. The highest BCUT2D eigenvalue weighted by Gasteiger charge is 2.18. The number of carbonyl (C=O) groups is 1. The molecule has 1 heterocycles. The summed E-state index contributed by atoms with van der Waals surface area (Å²) in [6, 6.07) is 0. The van der Waals surface area contributed by atoms with E-state index in [0.717, 1.165) is 0 Å². The molecule has 0 atom stereocenters. The molecule has 0 radical (unpaired) electrons. The number of rotatable bonds is 7. The number of ether oxygens (including phenoxy) is 1. The van der Waals surface area contributed by atoms with E-state index in [9.17, 15) is 13.2 Å². The van der Waals surface area contributed by atoms with Crippen molar-refractivity contribution in [1.82, 2.24) is 14.7 Å². The van der Waals surface area contributed by atoms with E-state index in [0.29, 0.717) is 31.0 Å². The zero-order valence-corrected chi connectivity index (χ0v) is 13.1. The zero-order chi connectivity index (χ0) is 15.3. The molecule has 0 aromatic carbocycles. The van der Waals surface area contributed by atoms with Gasteiger partial charge < -0.3 is 4.74 Å². The molecule has 0 aliphatic carbocycles. The Morgan fingerprint density at radius 2 is 2.15 bits per heavy atom. The maximum Gasteiger partial charge on any atom is 0.341 e. The molecule has 0 saturated carbocycles. The smallest absolute Gasteiger partial charge is 0.341 e. The Hall–Kier alpha value is -1.41. The van der Waals surface area contributed by atoms with E-state index in [1.54, 1.807) is 25.7 Å². The maximum absolute atomic E-state index is 11.8. The van der Waals surface area contributed by atoms with Gasteiger partial charge in [0.15, 0.2) is 0 Å². The van der Waals surface area contributed by atoms with Crippen LogP contribution in [0.25, 0.3) is 0 Å². The standard InChI is InChI=1S/C12H21N3O4S/c1-5-19-12(16)10-8-13-15(3)11(10)9-14(2)6-7-20(4,17)18/h8H,5-7,9H2,1-4H3. The van der Waals surface area contributed by atoms with Gasteiger partial charge in [-0.1, -0.05) is 0 Å². The first-order valence-electron chi connectivity index (χ1n) is 6.29. The van der Waals surface area contributed by atoms with Crippen molar-refractivity contribution in [1.29, 1.82) is 0 Å². The first-order valence-corrected chi connectivity index (χ1v) is 8.35. The van der Waals surface area contributed by atoms with Gasteiger partial charge >= 0.3 is 5.97 Å². The predicted octanol–water partition coefficient (Wildman–Crippen LogP) is 0.0732. The summed E-state index contributed by atoms with van der Waals surface area (Å²) in [6.07, 6.45) is 2.67. The van der Waals surface area contributed by atoms with Gasteiger partial charge in [0, 0.05) is 26.4 Å². The molecule has 20 heavy (non-hydrogen) atoms. The summed E-state index contributed by atoms with van der Waals surface area (Å²) in [6.45, 7) is 2.87. The molecule has 0 amide bonds. The molecule has 0 unspecified atom stereocenters. The molecule has 1 aromatic heterocycles. The van der Waals surface area contributed by atoms with Gasteiger partial charge in [-0.15, -0.1) is 0 Å². The fourth-order valence-corrected chi connectivity index (χ4v) is 2.33. The van der Waals surface area contributed by atoms with Crippen LogP contribution in [-0.4, -0.2) is 61.3 Å². The molecule has 7 nitrogen and oxygen atoms in total. The molecule has 0 spiro atoms. The predicted molar refractivity (Wildman–Crippen MR) is 75.2 cm³/mol. The second kappa shape index (κ2) is 6.85. The summed E-state index contributed by atoms with van der Waals surface area (Å²) in [5.41, 5.74) is 1.13. The quantitative estimate of drug-likeness (QED) is 0.663. The summed E-state index contributed by atoms with van der Waals surface area (Å²) in [7, 11) is 0.538. The molecule has 114 valence electrons. The monoisotopic (exact) mass is 303 g/mol. The lowest BCUT2D eigenvalue weighted by Gasteiger charge is -2.17. The van der Waals surface area contributed by atoms with Crippen LogP contribution in [0.5, 0.6) is 0 Å². The third kappa shape index (κ3) is 4.93. The molecule has 0 N–H and O–H groups in total. The first kappa shape index (κ1) is 16.6. The van der Waals surface area contributed by atoms with Crippen LogP contribution in [0.15, 0.2) is 6.20 Å². The average molecular weight is 303 g/mol. The van der Waals surface area contributed by atoms with Crippen molar-refractivity contribution in [3.63, 3.8) is 0 Å². The van der Waals surface area contributed by atoms with Crippen molar-refractivity contribution >= 4 is 15.8 Å². The number of nitrogens with zero attached hydrogens (tertiary/aromatic N) is 3. The van der Waals surface area contributed by atoms with Crippen LogP contribution in [0.4, 0.5) is 0 Å². The number of carbonyl (C=O) groups excluding carboxylic acids is 1. The van der Waals surface area contributed by atoms with Crippen molar-refractivity contribution < 1.29 is 17.9 Å². The summed E-state index contributed by atoms with van der Waals surface area (Å²) in [4.78, 5) is 13.6. The van der Waals surface area contributed by atoms with Crippen molar-refractivity contribution in [2.75, 3.05) is 32.2 Å². The Bertz CT molecular complexity index is 565. The van der Waals surface area contributed by atoms with Crippen LogP contribution < -0.4 is 0 Å². The van der Waals surface area contributed by atoms with E-state index < -0.39 is 15.8 Å². The molecule has 0 aliphatic heterocycles. The Morgan fingerprint density at radius 1 is 1.50 bits per heavy atom. The van der Waals surface area contributed by atoms with Crippen LogP contribution >= 0.6 is 0 Å². The summed E-state index contributed by atoms with van der Waals surface area (Å²) in [5.74, 6) is -0.331. The van der Waals surface area contributed by atoms with E-state index in [1.807, 2.05) is 4.90 Å². The minimum atomic E-state index is -3.00. The van der Waals surface area contributed by atoms with Gasteiger partial charge in [0.05, 0.1) is 24.3 Å². The Kier molecular flexibility index (Phi) is 5.70. The number of aryl methyl sites for hydroxylation is 1. The van der Waals surface area contributed by atoms with E-state index in [1.165, 1.54) is 12.5 Å². The number of hydrogen-bond donors (Lipinski definition) is 0. The van der Waals surface area contributed by atoms with Gasteiger partial charge in [0.2, 0.25) is 0 Å². The Labute approximate surface area is 119 Å². The lowest BCUT2D eigenvalue weighted by molar-refractivity contribution is 0.0524. The summed E-state index contributed by atoms with van der Waals surface area (Å²) >= 11 is 0. The Balaban J connectivity index is 2.76. The number of hydrogen-bond acceptors (Lipinski definition) is 6. The van der Waals surface area contributed by atoms with E-state index in [2.05, 4.69) is 5.10 Å². The molecular weight excluding hydrogens is 282 g/mol. The fraction of sp³-hybridized carbons (Fsp3) is 0.667. The maximum atomic E-state index is 11.8. The minimum Gasteiger partial charge on any atom is -0.462 e. The van der Waals surface area contributed by atoms with Gasteiger partial charge in [0.25, 0.3) is 0 Å². The lowest BCUT2D eigenvalue weighted by Crippen LogP contribution is -2.26. The van der Waals surface area contributed by atoms with Gasteiger partial charge in [-0.25, -0.2) is 13.2 Å². The molecule has 0 bridgehead atoms. The second-order valence-corrected chi connectivity index (χ2v) is 6.98. The molecule has 0 fully saturated rings. The highest BCUT2D eigenvalue weighted by atomic mass is 32.2.